The van der Waals surface area contributed by atoms with Crippen molar-refractivity contribution in [2.75, 3.05) is 19.0 Å². The zero-order chi connectivity index (χ0) is 15.3. The summed E-state index contributed by atoms with van der Waals surface area (Å²) in [6.45, 7) is 2.26. The lowest BCUT2D eigenvalue weighted by atomic mass is 10.1. The molecule has 20 heavy (non-hydrogen) atoms. The molecule has 0 bridgehead atoms. The first-order valence-electron chi connectivity index (χ1n) is 5.95. The van der Waals surface area contributed by atoms with Gasteiger partial charge in [0.2, 0.25) is 0 Å². The number of hydrogen-bond acceptors (Lipinski definition) is 3. The summed E-state index contributed by atoms with van der Waals surface area (Å²) in [5.41, 5.74) is -1.22. The third kappa shape index (κ3) is 4.41. The molecule has 0 aromatic heterocycles. The number of carboxylic acid groups (broad SMARTS) is 1. The van der Waals surface area contributed by atoms with E-state index in [1.807, 2.05) is 0 Å². The molecule has 1 rings (SSSR count). The topological polar surface area (TPSA) is 58.6 Å². The third-order valence-corrected chi connectivity index (χ3v) is 2.73. The zero-order valence-corrected chi connectivity index (χ0v) is 11.1. The summed E-state index contributed by atoms with van der Waals surface area (Å²) in [7, 11) is 1.54. The van der Waals surface area contributed by atoms with E-state index in [1.165, 1.54) is 7.11 Å². The lowest BCUT2D eigenvalue weighted by molar-refractivity contribution is -0.137. The van der Waals surface area contributed by atoms with Crippen molar-refractivity contribution in [3.63, 3.8) is 0 Å². The molecule has 1 aromatic carbocycles. The SMILES string of the molecule is COCCC(C)Nc1ccc(C(F)(F)F)cc1C(=O)O. The molecular formula is C13H16F3NO3. The number of benzene rings is 1. The van der Waals surface area contributed by atoms with E-state index in [1.54, 1.807) is 6.92 Å². The predicted molar refractivity (Wildman–Crippen MR) is 68.0 cm³/mol. The van der Waals surface area contributed by atoms with Crippen molar-refractivity contribution in [1.29, 1.82) is 0 Å². The van der Waals surface area contributed by atoms with E-state index < -0.39 is 23.3 Å². The monoisotopic (exact) mass is 291 g/mol. The van der Waals surface area contributed by atoms with E-state index in [-0.39, 0.29) is 11.7 Å². The van der Waals surface area contributed by atoms with Crippen LogP contribution in [0, 0.1) is 0 Å². The minimum atomic E-state index is -4.57. The van der Waals surface area contributed by atoms with Gasteiger partial charge in [0.15, 0.2) is 0 Å². The molecule has 0 aliphatic heterocycles. The molecule has 1 atom stereocenters. The summed E-state index contributed by atoms with van der Waals surface area (Å²) in [5, 5.41) is 11.9. The van der Waals surface area contributed by atoms with Crippen molar-refractivity contribution in [1.82, 2.24) is 0 Å². The van der Waals surface area contributed by atoms with Crippen LogP contribution in [-0.4, -0.2) is 30.8 Å². The molecule has 0 aliphatic rings. The maximum Gasteiger partial charge on any atom is 0.416 e. The zero-order valence-electron chi connectivity index (χ0n) is 11.1. The first-order valence-corrected chi connectivity index (χ1v) is 5.95. The molecule has 4 nitrogen and oxygen atoms in total. The van der Waals surface area contributed by atoms with Gasteiger partial charge in [-0.25, -0.2) is 4.79 Å². The summed E-state index contributed by atoms with van der Waals surface area (Å²) in [4.78, 5) is 11.1. The largest absolute Gasteiger partial charge is 0.478 e. The van der Waals surface area contributed by atoms with Gasteiger partial charge in [-0.15, -0.1) is 0 Å². The van der Waals surface area contributed by atoms with Crippen molar-refractivity contribution < 1.29 is 27.8 Å². The van der Waals surface area contributed by atoms with E-state index >= 15 is 0 Å². The van der Waals surface area contributed by atoms with Gasteiger partial charge in [0, 0.05) is 25.4 Å². The number of methoxy groups -OCH3 is 1. The number of anilines is 1. The number of carboxylic acids is 1. The van der Waals surface area contributed by atoms with E-state index in [9.17, 15) is 18.0 Å². The molecular weight excluding hydrogens is 275 g/mol. The Morgan fingerprint density at radius 2 is 2.10 bits per heavy atom. The summed E-state index contributed by atoms with van der Waals surface area (Å²) in [5.74, 6) is -1.41. The van der Waals surface area contributed by atoms with Crippen LogP contribution in [0.4, 0.5) is 18.9 Å². The van der Waals surface area contributed by atoms with Crippen LogP contribution in [0.5, 0.6) is 0 Å². The molecule has 0 saturated carbocycles. The van der Waals surface area contributed by atoms with Crippen LogP contribution in [-0.2, 0) is 10.9 Å². The van der Waals surface area contributed by atoms with E-state index in [0.717, 1.165) is 12.1 Å². The van der Waals surface area contributed by atoms with Crippen LogP contribution in [0.25, 0.3) is 0 Å². The number of alkyl halides is 3. The molecule has 112 valence electrons. The molecule has 0 amide bonds. The number of aromatic carboxylic acids is 1. The number of nitrogens with one attached hydrogen (secondary N) is 1. The fourth-order valence-electron chi connectivity index (χ4n) is 1.66. The number of halogens is 3. The molecule has 0 aliphatic carbocycles. The quantitative estimate of drug-likeness (QED) is 0.844. The van der Waals surface area contributed by atoms with Gasteiger partial charge in [0.1, 0.15) is 0 Å². The van der Waals surface area contributed by atoms with E-state index in [2.05, 4.69) is 5.32 Å². The number of rotatable bonds is 6. The van der Waals surface area contributed by atoms with Crippen molar-refractivity contribution in [2.45, 2.75) is 25.6 Å². The summed E-state index contributed by atoms with van der Waals surface area (Å²) in [6, 6.07) is 2.51. The Kier molecular flexibility index (Phi) is 5.38. The highest BCUT2D eigenvalue weighted by Crippen LogP contribution is 2.32. The van der Waals surface area contributed by atoms with Gasteiger partial charge in [-0.1, -0.05) is 0 Å². The van der Waals surface area contributed by atoms with Gasteiger partial charge in [-0.2, -0.15) is 13.2 Å². The Bertz CT molecular complexity index is 474. The van der Waals surface area contributed by atoms with Crippen molar-refractivity contribution >= 4 is 11.7 Å². The fourth-order valence-corrected chi connectivity index (χ4v) is 1.66. The van der Waals surface area contributed by atoms with Crippen LogP contribution < -0.4 is 5.32 Å². The van der Waals surface area contributed by atoms with Gasteiger partial charge in [-0.05, 0) is 31.5 Å². The highest BCUT2D eigenvalue weighted by molar-refractivity contribution is 5.94. The normalized spacial score (nSPS) is 13.1. The molecule has 2 N–H and O–H groups in total. The van der Waals surface area contributed by atoms with Crippen LogP contribution in [0.3, 0.4) is 0 Å². The van der Waals surface area contributed by atoms with Gasteiger partial charge in [0.25, 0.3) is 0 Å². The van der Waals surface area contributed by atoms with Gasteiger partial charge >= 0.3 is 12.1 Å². The van der Waals surface area contributed by atoms with Gasteiger partial charge in [0.05, 0.1) is 11.1 Å². The second-order valence-corrected chi connectivity index (χ2v) is 4.39. The number of carbonyl (C=O) groups is 1. The minimum Gasteiger partial charge on any atom is -0.478 e. The Morgan fingerprint density at radius 1 is 1.45 bits per heavy atom. The molecule has 7 heteroatoms. The second-order valence-electron chi connectivity index (χ2n) is 4.39. The second kappa shape index (κ2) is 6.60. The summed E-state index contributed by atoms with van der Waals surface area (Å²) < 4.78 is 42.6. The maximum absolute atomic E-state index is 12.6. The highest BCUT2D eigenvalue weighted by Gasteiger charge is 2.31. The van der Waals surface area contributed by atoms with Gasteiger partial charge in [-0.3, -0.25) is 0 Å². The number of ether oxygens (including phenoxy) is 1. The lowest BCUT2D eigenvalue weighted by Gasteiger charge is -2.17. The first kappa shape index (κ1) is 16.3. The Labute approximate surface area is 114 Å². The fraction of sp³-hybridized carbons (Fsp3) is 0.462. The molecule has 0 saturated heterocycles. The molecule has 0 spiro atoms. The predicted octanol–water partition coefficient (Wildman–Crippen LogP) is 3.24. The van der Waals surface area contributed by atoms with Crippen LogP contribution in [0.1, 0.15) is 29.3 Å². The third-order valence-electron chi connectivity index (χ3n) is 2.73. The summed E-state index contributed by atoms with van der Waals surface area (Å²) >= 11 is 0. The smallest absolute Gasteiger partial charge is 0.416 e. The van der Waals surface area contributed by atoms with Crippen molar-refractivity contribution in [2.24, 2.45) is 0 Å². The molecule has 0 fully saturated rings. The highest BCUT2D eigenvalue weighted by atomic mass is 19.4. The molecule has 1 aromatic rings. The Balaban J connectivity index is 2.99. The van der Waals surface area contributed by atoms with Crippen LogP contribution in [0.15, 0.2) is 18.2 Å². The van der Waals surface area contributed by atoms with Crippen molar-refractivity contribution in [3.8, 4) is 0 Å². The molecule has 0 heterocycles. The summed E-state index contributed by atoms with van der Waals surface area (Å²) in [6.07, 6.45) is -3.96. The van der Waals surface area contributed by atoms with Crippen LogP contribution >= 0.6 is 0 Å². The number of hydrogen-bond donors (Lipinski definition) is 2. The standard InChI is InChI=1S/C13H16F3NO3/c1-8(5-6-20-2)17-11-4-3-9(13(14,15)16)7-10(11)12(18)19/h3-4,7-8,17H,5-6H2,1-2H3,(H,18,19). The van der Waals surface area contributed by atoms with Crippen LogP contribution in [0.2, 0.25) is 0 Å². The molecule has 1 unspecified atom stereocenters. The molecule has 0 radical (unpaired) electrons. The van der Waals surface area contributed by atoms with Gasteiger partial charge < -0.3 is 15.2 Å². The lowest BCUT2D eigenvalue weighted by Crippen LogP contribution is -2.19. The average molecular weight is 291 g/mol. The minimum absolute atomic E-state index is 0.121. The first-order chi connectivity index (χ1) is 9.25. The Hall–Kier alpha value is -1.76. The average Bonchev–Trinajstić information content (AvgIpc) is 2.35. The van der Waals surface area contributed by atoms with E-state index in [0.29, 0.717) is 19.1 Å². The van der Waals surface area contributed by atoms with E-state index in [4.69, 9.17) is 9.84 Å². The van der Waals surface area contributed by atoms with Crippen molar-refractivity contribution in [3.05, 3.63) is 29.3 Å². The maximum atomic E-state index is 12.6. The Morgan fingerprint density at radius 3 is 2.60 bits per heavy atom.